The van der Waals surface area contributed by atoms with Crippen molar-refractivity contribution in [3.8, 4) is 0 Å². The van der Waals surface area contributed by atoms with Gasteiger partial charge in [-0.05, 0) is 50.4 Å². The zero-order chi connectivity index (χ0) is 18.1. The quantitative estimate of drug-likeness (QED) is 0.844. The number of rotatable bonds is 4. The summed E-state index contributed by atoms with van der Waals surface area (Å²) in [5.41, 5.74) is 1.32. The smallest absolute Gasteiger partial charge is 0.147 e. The molecule has 0 aromatic carbocycles. The SMILES string of the molecule is Cl.c1cc(N2CCCC2)ncc1CN1CCC(c2nnc3n2CCNC3)CC1. The molecular formula is C20H30ClN7. The summed E-state index contributed by atoms with van der Waals surface area (Å²) >= 11 is 0. The van der Waals surface area contributed by atoms with Crippen molar-refractivity contribution in [1.29, 1.82) is 0 Å². The average Bonchev–Trinajstić information content (AvgIpc) is 3.39. The Bertz CT molecular complexity index is 761. The van der Waals surface area contributed by atoms with Gasteiger partial charge in [-0.15, -0.1) is 22.6 Å². The Kier molecular flexibility index (Phi) is 6.13. The fraction of sp³-hybridized carbons (Fsp3) is 0.650. The van der Waals surface area contributed by atoms with E-state index in [1.165, 1.54) is 37.1 Å². The van der Waals surface area contributed by atoms with E-state index >= 15 is 0 Å². The third-order valence-electron chi connectivity index (χ3n) is 6.25. The number of halogens is 1. The second-order valence-corrected chi connectivity index (χ2v) is 8.07. The first kappa shape index (κ1) is 19.6. The van der Waals surface area contributed by atoms with E-state index in [9.17, 15) is 0 Å². The van der Waals surface area contributed by atoms with Gasteiger partial charge in [-0.2, -0.15) is 0 Å². The Morgan fingerprint density at radius 1 is 1.00 bits per heavy atom. The molecule has 0 unspecified atom stereocenters. The second-order valence-electron chi connectivity index (χ2n) is 8.07. The lowest BCUT2D eigenvalue weighted by molar-refractivity contribution is 0.199. The lowest BCUT2D eigenvalue weighted by atomic mass is 9.95. The first-order valence-electron chi connectivity index (χ1n) is 10.4. The van der Waals surface area contributed by atoms with Crippen LogP contribution in [-0.4, -0.2) is 57.4 Å². The predicted molar refractivity (Wildman–Crippen MR) is 112 cm³/mol. The van der Waals surface area contributed by atoms with Gasteiger partial charge in [0.15, 0.2) is 0 Å². The van der Waals surface area contributed by atoms with Gasteiger partial charge >= 0.3 is 0 Å². The van der Waals surface area contributed by atoms with Crippen LogP contribution in [0.5, 0.6) is 0 Å². The predicted octanol–water partition coefficient (Wildman–Crippen LogP) is 2.18. The molecule has 7 nitrogen and oxygen atoms in total. The number of hydrogen-bond acceptors (Lipinski definition) is 6. The highest BCUT2D eigenvalue weighted by Gasteiger charge is 2.27. The van der Waals surface area contributed by atoms with Crippen LogP contribution in [0.2, 0.25) is 0 Å². The van der Waals surface area contributed by atoms with Crippen LogP contribution in [0.25, 0.3) is 0 Å². The molecular weight excluding hydrogens is 374 g/mol. The van der Waals surface area contributed by atoms with Crippen LogP contribution in [0.4, 0.5) is 5.82 Å². The van der Waals surface area contributed by atoms with Crippen molar-refractivity contribution in [2.24, 2.45) is 0 Å². The maximum absolute atomic E-state index is 4.70. The van der Waals surface area contributed by atoms with Crippen molar-refractivity contribution < 1.29 is 0 Å². The normalized spacial score (nSPS) is 20.8. The van der Waals surface area contributed by atoms with Gasteiger partial charge in [-0.1, -0.05) is 6.07 Å². The number of nitrogens with zero attached hydrogens (tertiary/aromatic N) is 6. The standard InChI is InChI=1S/C20H29N7.ClH/c1-2-9-26(8-1)18-4-3-16(13-22-18)15-25-10-5-17(6-11-25)20-24-23-19-14-21-7-12-27(19)20;/h3-4,13,17,21H,1-2,5-12,14-15H2;1H. The molecule has 28 heavy (non-hydrogen) atoms. The second kappa shape index (κ2) is 8.76. The lowest BCUT2D eigenvalue weighted by Crippen LogP contribution is -2.34. The van der Waals surface area contributed by atoms with Gasteiger partial charge in [0.25, 0.3) is 0 Å². The van der Waals surface area contributed by atoms with Gasteiger partial charge in [-0.25, -0.2) is 4.98 Å². The summed E-state index contributed by atoms with van der Waals surface area (Å²) in [4.78, 5) is 9.65. The minimum absolute atomic E-state index is 0. The third kappa shape index (κ3) is 4.02. The Labute approximate surface area is 172 Å². The molecule has 3 aliphatic heterocycles. The van der Waals surface area contributed by atoms with Crippen molar-refractivity contribution in [2.45, 2.75) is 51.2 Å². The van der Waals surface area contributed by atoms with Gasteiger partial charge in [-0.3, -0.25) is 4.90 Å². The highest BCUT2D eigenvalue weighted by molar-refractivity contribution is 5.85. The summed E-state index contributed by atoms with van der Waals surface area (Å²) < 4.78 is 2.35. The molecule has 0 spiro atoms. The minimum atomic E-state index is 0. The Morgan fingerprint density at radius 2 is 1.82 bits per heavy atom. The minimum Gasteiger partial charge on any atom is -0.357 e. The summed E-state index contributed by atoms with van der Waals surface area (Å²) in [6.07, 6.45) is 7.01. The Hall–Kier alpha value is -1.70. The molecule has 8 heteroatoms. The van der Waals surface area contributed by atoms with Gasteiger partial charge in [0, 0.05) is 44.8 Å². The van der Waals surface area contributed by atoms with E-state index in [2.05, 4.69) is 48.2 Å². The fourth-order valence-corrected chi connectivity index (χ4v) is 4.67. The first-order chi connectivity index (χ1) is 13.4. The van der Waals surface area contributed by atoms with Gasteiger partial charge in [0.05, 0.1) is 6.54 Å². The van der Waals surface area contributed by atoms with Crippen LogP contribution in [0, 0.1) is 0 Å². The average molecular weight is 404 g/mol. The van der Waals surface area contributed by atoms with Gasteiger partial charge in [0.1, 0.15) is 17.5 Å². The first-order valence-corrected chi connectivity index (χ1v) is 10.4. The number of anilines is 1. The summed E-state index contributed by atoms with van der Waals surface area (Å²) in [6, 6.07) is 4.46. The van der Waals surface area contributed by atoms with Gasteiger partial charge in [0.2, 0.25) is 0 Å². The molecule has 0 saturated carbocycles. The number of likely N-dealkylation sites (tertiary alicyclic amines) is 1. The molecule has 152 valence electrons. The van der Waals surface area contributed by atoms with Crippen molar-refractivity contribution in [2.75, 3.05) is 37.6 Å². The molecule has 2 fully saturated rings. The number of hydrogen-bond donors (Lipinski definition) is 1. The van der Waals surface area contributed by atoms with Crippen LogP contribution in [0.1, 0.15) is 48.8 Å². The largest absolute Gasteiger partial charge is 0.357 e. The third-order valence-corrected chi connectivity index (χ3v) is 6.25. The molecule has 3 aliphatic rings. The van der Waals surface area contributed by atoms with E-state index in [1.54, 1.807) is 0 Å². The number of piperidine rings is 1. The number of aromatic nitrogens is 4. The van der Waals surface area contributed by atoms with Crippen LogP contribution >= 0.6 is 12.4 Å². The highest BCUT2D eigenvalue weighted by Crippen LogP contribution is 2.28. The molecule has 2 saturated heterocycles. The van der Waals surface area contributed by atoms with Crippen molar-refractivity contribution in [3.05, 3.63) is 35.5 Å². The molecule has 0 aliphatic carbocycles. The van der Waals surface area contributed by atoms with Gasteiger partial charge < -0.3 is 14.8 Å². The zero-order valence-electron chi connectivity index (χ0n) is 16.4. The molecule has 1 N–H and O–H groups in total. The van der Waals surface area contributed by atoms with E-state index in [0.717, 1.165) is 64.0 Å². The Balaban J connectivity index is 0.00000192. The number of fused-ring (bicyclic) bond motifs is 1. The van der Waals surface area contributed by atoms with E-state index in [-0.39, 0.29) is 12.4 Å². The zero-order valence-corrected chi connectivity index (χ0v) is 17.2. The Morgan fingerprint density at radius 3 is 2.57 bits per heavy atom. The van der Waals surface area contributed by atoms with Crippen molar-refractivity contribution in [1.82, 2.24) is 30.0 Å². The van der Waals surface area contributed by atoms with Crippen molar-refractivity contribution in [3.63, 3.8) is 0 Å². The fourth-order valence-electron chi connectivity index (χ4n) is 4.67. The molecule has 0 radical (unpaired) electrons. The lowest BCUT2D eigenvalue weighted by Gasteiger charge is -2.32. The van der Waals surface area contributed by atoms with Crippen molar-refractivity contribution >= 4 is 18.2 Å². The highest BCUT2D eigenvalue weighted by atomic mass is 35.5. The van der Waals surface area contributed by atoms with Crippen LogP contribution in [0.3, 0.4) is 0 Å². The molecule has 5 rings (SSSR count). The summed E-state index contributed by atoms with van der Waals surface area (Å²) in [7, 11) is 0. The van der Waals surface area contributed by atoms with Crippen LogP contribution in [-0.2, 0) is 19.6 Å². The monoisotopic (exact) mass is 403 g/mol. The van der Waals surface area contributed by atoms with Crippen LogP contribution in [0.15, 0.2) is 18.3 Å². The summed E-state index contributed by atoms with van der Waals surface area (Å²) in [5.74, 6) is 4.00. The van der Waals surface area contributed by atoms with E-state index in [4.69, 9.17) is 4.98 Å². The topological polar surface area (TPSA) is 62.1 Å². The molecule has 0 bridgehead atoms. The maximum Gasteiger partial charge on any atom is 0.147 e. The molecule has 0 amide bonds. The molecule has 2 aromatic heterocycles. The number of nitrogens with one attached hydrogen (secondary N) is 1. The molecule has 0 atom stereocenters. The maximum atomic E-state index is 4.70. The van der Waals surface area contributed by atoms with E-state index in [0.29, 0.717) is 5.92 Å². The summed E-state index contributed by atoms with van der Waals surface area (Å²) in [5, 5.41) is 12.3. The molecule has 5 heterocycles. The van der Waals surface area contributed by atoms with E-state index < -0.39 is 0 Å². The molecule has 2 aromatic rings. The number of pyridine rings is 1. The van der Waals surface area contributed by atoms with E-state index in [1.807, 2.05) is 0 Å². The summed E-state index contributed by atoms with van der Waals surface area (Å²) in [6.45, 7) is 8.45. The van der Waals surface area contributed by atoms with Crippen LogP contribution < -0.4 is 10.2 Å².